The molecule has 3 aromatic heterocycles. The topological polar surface area (TPSA) is 96.7 Å². The Morgan fingerprint density at radius 2 is 1.86 bits per heavy atom. The first-order chi connectivity index (χ1) is 16.9. The number of anilines is 2. The molecule has 0 radical (unpaired) electrons. The molecular weight excluding hydrogens is 452 g/mol. The monoisotopic (exact) mass is 479 g/mol. The number of aromatic nitrogens is 6. The fourth-order valence-electron chi connectivity index (χ4n) is 4.41. The highest BCUT2D eigenvalue weighted by Crippen LogP contribution is 2.30. The molecule has 1 aliphatic heterocycles. The zero-order valence-electron chi connectivity index (χ0n) is 19.9. The van der Waals surface area contributed by atoms with Crippen LogP contribution in [-0.4, -0.2) is 60.8 Å². The lowest BCUT2D eigenvalue weighted by Crippen LogP contribution is -2.43. The second-order valence-electron chi connectivity index (χ2n) is 8.90. The summed E-state index contributed by atoms with van der Waals surface area (Å²) in [5, 5.41) is 14.8. The van der Waals surface area contributed by atoms with Crippen LogP contribution in [-0.2, 0) is 6.54 Å². The van der Waals surface area contributed by atoms with Crippen LogP contribution in [0.15, 0.2) is 30.5 Å². The van der Waals surface area contributed by atoms with Gasteiger partial charge in [-0.3, -0.25) is 4.90 Å². The number of nitrogens with one attached hydrogen (secondary N) is 2. The summed E-state index contributed by atoms with van der Waals surface area (Å²) < 4.78 is 31.5. The Labute approximate surface area is 201 Å². The van der Waals surface area contributed by atoms with Crippen molar-refractivity contribution in [2.24, 2.45) is 0 Å². The van der Waals surface area contributed by atoms with Crippen LogP contribution in [0.5, 0.6) is 0 Å². The second-order valence-corrected chi connectivity index (χ2v) is 8.90. The summed E-state index contributed by atoms with van der Waals surface area (Å²) in [6.45, 7) is 10.4. The Kier molecular flexibility index (Phi) is 6.35. The number of hydrogen-bond donors (Lipinski definition) is 2. The van der Waals surface area contributed by atoms with Crippen molar-refractivity contribution in [2.75, 3.05) is 31.5 Å². The average molecular weight is 480 g/mol. The van der Waals surface area contributed by atoms with E-state index in [1.54, 1.807) is 12.1 Å². The minimum Gasteiger partial charge on any atom is -0.326 e. The van der Waals surface area contributed by atoms with E-state index in [-0.39, 0.29) is 23.2 Å². The molecule has 0 aliphatic carbocycles. The molecule has 1 fully saturated rings. The Balaban J connectivity index is 1.40. The van der Waals surface area contributed by atoms with Gasteiger partial charge in [0.05, 0.1) is 17.4 Å². The number of nitrogens with zero attached hydrogens (tertiary/aromatic N) is 7. The van der Waals surface area contributed by atoms with Crippen LogP contribution in [0.4, 0.5) is 20.5 Å². The van der Waals surface area contributed by atoms with Crippen molar-refractivity contribution >= 4 is 22.8 Å². The number of aryl methyl sites for hydroxylation is 1. The van der Waals surface area contributed by atoms with E-state index in [0.29, 0.717) is 22.7 Å². The molecule has 2 N–H and O–H groups in total. The van der Waals surface area contributed by atoms with Crippen LogP contribution in [0.1, 0.15) is 31.4 Å². The van der Waals surface area contributed by atoms with E-state index < -0.39 is 11.6 Å². The van der Waals surface area contributed by atoms with Crippen LogP contribution in [0.2, 0.25) is 0 Å². The molecule has 0 amide bonds. The highest BCUT2D eigenvalue weighted by Gasteiger charge is 2.18. The molecule has 11 heteroatoms. The van der Waals surface area contributed by atoms with Gasteiger partial charge in [-0.1, -0.05) is 0 Å². The van der Waals surface area contributed by atoms with Gasteiger partial charge in [0, 0.05) is 44.3 Å². The van der Waals surface area contributed by atoms with E-state index in [1.807, 2.05) is 31.4 Å². The molecule has 35 heavy (non-hydrogen) atoms. The third kappa shape index (κ3) is 4.82. The third-order valence-electron chi connectivity index (χ3n) is 6.01. The first kappa shape index (κ1) is 23.2. The quantitative estimate of drug-likeness (QED) is 0.433. The van der Waals surface area contributed by atoms with E-state index in [2.05, 4.69) is 40.7 Å². The Morgan fingerprint density at radius 1 is 1.06 bits per heavy atom. The first-order valence-corrected chi connectivity index (χ1v) is 11.6. The van der Waals surface area contributed by atoms with E-state index >= 15 is 0 Å². The maximum absolute atomic E-state index is 14.9. The van der Waals surface area contributed by atoms with Gasteiger partial charge >= 0.3 is 0 Å². The number of rotatable bonds is 6. The standard InChI is InChI=1S/C24H27F2N9/c1-14(2)35-15(3)29-23-18(25)10-16(11-20(23)35)22-19(26)12-28-24(31-22)30-21-5-4-17(32-33-21)13-34-8-6-27-7-9-34/h4-5,10-12,14,27H,6-9,13H2,1-3H3,(H,28,30,31,33). The maximum atomic E-state index is 14.9. The number of fused-ring (bicyclic) bond motifs is 1. The summed E-state index contributed by atoms with van der Waals surface area (Å²) in [7, 11) is 0. The van der Waals surface area contributed by atoms with Crippen LogP contribution in [0.25, 0.3) is 22.3 Å². The first-order valence-electron chi connectivity index (χ1n) is 11.6. The fraction of sp³-hybridized carbons (Fsp3) is 0.375. The largest absolute Gasteiger partial charge is 0.326 e. The molecule has 9 nitrogen and oxygen atoms in total. The molecule has 0 spiro atoms. The predicted octanol–water partition coefficient (Wildman–Crippen LogP) is 3.60. The second kappa shape index (κ2) is 9.59. The Bertz CT molecular complexity index is 1350. The van der Waals surface area contributed by atoms with Gasteiger partial charge < -0.3 is 15.2 Å². The molecule has 0 bridgehead atoms. The number of hydrogen-bond acceptors (Lipinski definition) is 8. The van der Waals surface area contributed by atoms with Crippen LogP contribution in [0.3, 0.4) is 0 Å². The Morgan fingerprint density at radius 3 is 2.57 bits per heavy atom. The number of piperazine rings is 1. The SMILES string of the molecule is Cc1nc2c(F)cc(-c3nc(Nc4ccc(CN5CCNCC5)nn4)ncc3F)cc2n1C(C)C. The summed E-state index contributed by atoms with van der Waals surface area (Å²) in [5.74, 6) is 0.0782. The predicted molar refractivity (Wildman–Crippen MR) is 129 cm³/mol. The zero-order chi connectivity index (χ0) is 24.5. The van der Waals surface area contributed by atoms with Gasteiger partial charge in [0.15, 0.2) is 17.5 Å². The molecule has 4 aromatic rings. The molecule has 0 saturated carbocycles. The normalized spacial score (nSPS) is 14.7. The zero-order valence-corrected chi connectivity index (χ0v) is 19.9. The van der Waals surface area contributed by atoms with E-state index in [1.165, 1.54) is 6.07 Å². The lowest BCUT2D eigenvalue weighted by Gasteiger charge is -2.26. The summed E-state index contributed by atoms with van der Waals surface area (Å²) >= 11 is 0. The van der Waals surface area contributed by atoms with Gasteiger partial charge in [0.2, 0.25) is 5.95 Å². The van der Waals surface area contributed by atoms with Crippen molar-refractivity contribution in [3.8, 4) is 11.3 Å². The van der Waals surface area contributed by atoms with Gasteiger partial charge in [-0.25, -0.2) is 23.7 Å². The molecular formula is C24H27F2N9. The highest BCUT2D eigenvalue weighted by atomic mass is 19.1. The van der Waals surface area contributed by atoms with E-state index in [0.717, 1.165) is 44.6 Å². The molecule has 5 rings (SSSR count). The summed E-state index contributed by atoms with van der Waals surface area (Å²) in [6, 6.07) is 6.69. The Hall–Kier alpha value is -3.57. The highest BCUT2D eigenvalue weighted by molar-refractivity contribution is 5.83. The number of imidazole rings is 1. The van der Waals surface area contributed by atoms with E-state index in [9.17, 15) is 8.78 Å². The maximum Gasteiger partial charge on any atom is 0.229 e. The van der Waals surface area contributed by atoms with Gasteiger partial charge in [0.1, 0.15) is 17.0 Å². The van der Waals surface area contributed by atoms with Gasteiger partial charge in [-0.05, 0) is 45.0 Å². The molecule has 1 aromatic carbocycles. The van der Waals surface area contributed by atoms with Crippen LogP contribution >= 0.6 is 0 Å². The summed E-state index contributed by atoms with van der Waals surface area (Å²) in [5.41, 5.74) is 1.99. The number of halogens is 2. The van der Waals surface area contributed by atoms with Crippen molar-refractivity contribution < 1.29 is 8.78 Å². The molecule has 0 atom stereocenters. The van der Waals surface area contributed by atoms with Crippen molar-refractivity contribution in [1.29, 1.82) is 0 Å². The van der Waals surface area contributed by atoms with Crippen molar-refractivity contribution in [3.63, 3.8) is 0 Å². The van der Waals surface area contributed by atoms with Crippen LogP contribution < -0.4 is 10.6 Å². The van der Waals surface area contributed by atoms with Crippen molar-refractivity contribution in [1.82, 2.24) is 39.9 Å². The minimum absolute atomic E-state index is 0.0132. The number of benzene rings is 1. The van der Waals surface area contributed by atoms with E-state index in [4.69, 9.17) is 0 Å². The third-order valence-corrected chi connectivity index (χ3v) is 6.01. The lowest BCUT2D eigenvalue weighted by molar-refractivity contribution is 0.230. The summed E-state index contributed by atoms with van der Waals surface area (Å²) in [4.78, 5) is 15.0. The molecule has 1 saturated heterocycles. The molecule has 4 heterocycles. The fourth-order valence-corrected chi connectivity index (χ4v) is 4.41. The van der Waals surface area contributed by atoms with Gasteiger partial charge in [-0.15, -0.1) is 5.10 Å². The molecule has 182 valence electrons. The smallest absolute Gasteiger partial charge is 0.229 e. The van der Waals surface area contributed by atoms with Crippen molar-refractivity contribution in [3.05, 3.63) is 53.6 Å². The molecule has 1 aliphatic rings. The van der Waals surface area contributed by atoms with Gasteiger partial charge in [0.25, 0.3) is 0 Å². The molecule has 0 unspecified atom stereocenters. The van der Waals surface area contributed by atoms with Crippen molar-refractivity contribution in [2.45, 2.75) is 33.4 Å². The summed E-state index contributed by atoms with van der Waals surface area (Å²) in [6.07, 6.45) is 1.06. The van der Waals surface area contributed by atoms with Crippen LogP contribution in [0, 0.1) is 18.6 Å². The lowest BCUT2D eigenvalue weighted by atomic mass is 10.1. The average Bonchev–Trinajstić information content (AvgIpc) is 3.19. The van der Waals surface area contributed by atoms with Gasteiger partial charge in [-0.2, -0.15) is 5.10 Å². The minimum atomic E-state index is -0.654.